The molecule has 0 radical (unpaired) electrons. The Labute approximate surface area is 98.1 Å². The van der Waals surface area contributed by atoms with Crippen LogP contribution in [-0.2, 0) is 4.74 Å². The van der Waals surface area contributed by atoms with Gasteiger partial charge < -0.3 is 15.4 Å². The van der Waals surface area contributed by atoms with Crippen molar-refractivity contribution in [3.05, 3.63) is 0 Å². The van der Waals surface area contributed by atoms with Crippen LogP contribution in [0.25, 0.3) is 0 Å². The summed E-state index contributed by atoms with van der Waals surface area (Å²) in [5.41, 5.74) is -0.620. The van der Waals surface area contributed by atoms with E-state index in [1.54, 1.807) is 0 Å². The molecular weight excluding hydrogens is 204 g/mol. The van der Waals surface area contributed by atoms with Gasteiger partial charge in [-0.15, -0.1) is 0 Å². The van der Waals surface area contributed by atoms with E-state index in [4.69, 9.17) is 4.74 Å². The van der Waals surface area contributed by atoms with Crippen LogP contribution in [0.5, 0.6) is 0 Å². The molecule has 1 aliphatic heterocycles. The van der Waals surface area contributed by atoms with E-state index in [1.165, 1.54) is 0 Å². The number of ether oxygens (including phenoxy) is 1. The first-order valence-electron chi connectivity index (χ1n) is 5.99. The topological polar surface area (TPSA) is 50.4 Å². The first kappa shape index (κ1) is 13.3. The second kappa shape index (κ2) is 4.62. The molecule has 2 N–H and O–H groups in total. The molecule has 1 amide bonds. The van der Waals surface area contributed by atoms with Gasteiger partial charge in [0.2, 0.25) is 0 Å². The summed E-state index contributed by atoms with van der Waals surface area (Å²) in [6, 6.07) is 0. The first-order chi connectivity index (χ1) is 7.27. The first-order valence-corrected chi connectivity index (χ1v) is 5.99. The number of amides is 1. The zero-order valence-corrected chi connectivity index (χ0v) is 11.0. The van der Waals surface area contributed by atoms with Gasteiger partial charge in [0.25, 0.3) is 0 Å². The van der Waals surface area contributed by atoms with Crippen molar-refractivity contribution < 1.29 is 9.53 Å². The standard InChI is InChI=1S/C12H24N2O2/c1-6-9-7-13-8-12(9,5)14-10(15)16-11(2,3)4/h9,13H,6-8H2,1-5H3,(H,14,15)/t9-,12-/m0/s1. The highest BCUT2D eigenvalue weighted by molar-refractivity contribution is 5.69. The van der Waals surface area contributed by atoms with Gasteiger partial charge >= 0.3 is 6.09 Å². The number of nitrogens with one attached hydrogen (secondary N) is 2. The van der Waals surface area contributed by atoms with E-state index in [0.717, 1.165) is 19.5 Å². The quantitative estimate of drug-likeness (QED) is 0.759. The van der Waals surface area contributed by atoms with E-state index >= 15 is 0 Å². The van der Waals surface area contributed by atoms with Crippen molar-refractivity contribution in [1.29, 1.82) is 0 Å². The van der Waals surface area contributed by atoms with Crippen LogP contribution in [0.2, 0.25) is 0 Å². The molecule has 1 rings (SSSR count). The van der Waals surface area contributed by atoms with Crippen LogP contribution in [0.4, 0.5) is 4.79 Å². The minimum absolute atomic E-state index is 0.183. The number of hydrogen-bond donors (Lipinski definition) is 2. The fraction of sp³-hybridized carbons (Fsp3) is 0.917. The van der Waals surface area contributed by atoms with Crippen molar-refractivity contribution >= 4 is 6.09 Å². The number of carbonyl (C=O) groups is 1. The third kappa shape index (κ3) is 3.37. The normalized spacial score (nSPS) is 30.2. The minimum Gasteiger partial charge on any atom is -0.444 e. The van der Waals surface area contributed by atoms with Crippen molar-refractivity contribution in [3.63, 3.8) is 0 Å². The molecule has 1 heterocycles. The zero-order valence-electron chi connectivity index (χ0n) is 11.0. The third-order valence-corrected chi connectivity index (χ3v) is 3.06. The average Bonchev–Trinajstić information content (AvgIpc) is 2.42. The summed E-state index contributed by atoms with van der Waals surface area (Å²) in [5.74, 6) is 0.472. The molecule has 1 saturated heterocycles. The fourth-order valence-electron chi connectivity index (χ4n) is 2.15. The summed E-state index contributed by atoms with van der Waals surface area (Å²) in [6.07, 6.45) is 0.733. The number of alkyl carbamates (subject to hydrolysis) is 1. The molecule has 0 aromatic rings. The van der Waals surface area contributed by atoms with Crippen LogP contribution in [-0.4, -0.2) is 30.3 Å². The van der Waals surface area contributed by atoms with Gasteiger partial charge in [0, 0.05) is 13.1 Å². The van der Waals surface area contributed by atoms with E-state index in [9.17, 15) is 4.79 Å². The Hall–Kier alpha value is -0.770. The van der Waals surface area contributed by atoms with Crippen molar-refractivity contribution in [2.45, 2.75) is 52.2 Å². The van der Waals surface area contributed by atoms with Crippen molar-refractivity contribution in [3.8, 4) is 0 Å². The van der Waals surface area contributed by atoms with Crippen LogP contribution >= 0.6 is 0 Å². The second-order valence-corrected chi connectivity index (χ2v) is 5.78. The van der Waals surface area contributed by atoms with Crippen molar-refractivity contribution in [1.82, 2.24) is 10.6 Å². The Bertz CT molecular complexity index is 260. The third-order valence-electron chi connectivity index (χ3n) is 3.06. The SMILES string of the molecule is CC[C@H]1CNC[C@]1(C)NC(=O)OC(C)(C)C. The molecule has 0 saturated carbocycles. The predicted molar refractivity (Wildman–Crippen MR) is 64.4 cm³/mol. The summed E-state index contributed by atoms with van der Waals surface area (Å²) in [7, 11) is 0. The van der Waals surface area contributed by atoms with E-state index in [2.05, 4.69) is 24.5 Å². The molecular formula is C12H24N2O2. The van der Waals surface area contributed by atoms with Crippen LogP contribution < -0.4 is 10.6 Å². The lowest BCUT2D eigenvalue weighted by Crippen LogP contribution is -2.53. The highest BCUT2D eigenvalue weighted by Gasteiger charge is 2.39. The van der Waals surface area contributed by atoms with Crippen molar-refractivity contribution in [2.75, 3.05) is 13.1 Å². The lowest BCUT2D eigenvalue weighted by atomic mass is 9.87. The van der Waals surface area contributed by atoms with Crippen LogP contribution in [0, 0.1) is 5.92 Å². The summed E-state index contributed by atoms with van der Waals surface area (Å²) in [4.78, 5) is 11.7. The highest BCUT2D eigenvalue weighted by Crippen LogP contribution is 2.24. The van der Waals surface area contributed by atoms with Gasteiger partial charge in [-0.1, -0.05) is 6.92 Å². The summed E-state index contributed by atoms with van der Waals surface area (Å²) >= 11 is 0. The van der Waals surface area contributed by atoms with Gasteiger partial charge in [-0.2, -0.15) is 0 Å². The summed E-state index contributed by atoms with van der Waals surface area (Å²) < 4.78 is 5.28. The molecule has 0 aliphatic carbocycles. The zero-order chi connectivity index (χ0) is 12.4. The van der Waals surface area contributed by atoms with Crippen LogP contribution in [0.15, 0.2) is 0 Å². The van der Waals surface area contributed by atoms with Crippen LogP contribution in [0.1, 0.15) is 41.0 Å². The lowest BCUT2D eigenvalue weighted by molar-refractivity contribution is 0.0447. The van der Waals surface area contributed by atoms with E-state index in [0.29, 0.717) is 5.92 Å². The molecule has 4 heteroatoms. The maximum absolute atomic E-state index is 11.7. The second-order valence-electron chi connectivity index (χ2n) is 5.78. The Morgan fingerprint density at radius 1 is 1.56 bits per heavy atom. The number of rotatable bonds is 2. The number of carbonyl (C=O) groups excluding carboxylic acids is 1. The summed E-state index contributed by atoms with van der Waals surface area (Å²) in [6.45, 7) is 11.6. The molecule has 94 valence electrons. The van der Waals surface area contributed by atoms with E-state index < -0.39 is 5.60 Å². The maximum Gasteiger partial charge on any atom is 0.408 e. The van der Waals surface area contributed by atoms with Gasteiger partial charge in [-0.3, -0.25) is 0 Å². The number of hydrogen-bond acceptors (Lipinski definition) is 3. The Morgan fingerprint density at radius 3 is 2.69 bits per heavy atom. The molecule has 0 spiro atoms. The van der Waals surface area contributed by atoms with Gasteiger partial charge in [-0.25, -0.2) is 4.79 Å². The van der Waals surface area contributed by atoms with Crippen LogP contribution in [0.3, 0.4) is 0 Å². The Morgan fingerprint density at radius 2 is 2.19 bits per heavy atom. The molecule has 0 aromatic heterocycles. The molecule has 1 fully saturated rings. The van der Waals surface area contributed by atoms with E-state index in [1.807, 2.05) is 20.8 Å². The lowest BCUT2D eigenvalue weighted by Gasteiger charge is -2.32. The average molecular weight is 228 g/mol. The molecule has 0 unspecified atom stereocenters. The maximum atomic E-state index is 11.7. The fourth-order valence-corrected chi connectivity index (χ4v) is 2.15. The van der Waals surface area contributed by atoms with E-state index in [-0.39, 0.29) is 11.6 Å². The minimum atomic E-state index is -0.436. The molecule has 4 nitrogen and oxygen atoms in total. The molecule has 0 aromatic carbocycles. The van der Waals surface area contributed by atoms with Gasteiger partial charge in [0.1, 0.15) is 5.60 Å². The summed E-state index contributed by atoms with van der Waals surface area (Å²) in [5, 5.41) is 6.30. The van der Waals surface area contributed by atoms with Gasteiger partial charge in [0.15, 0.2) is 0 Å². The molecule has 2 atom stereocenters. The largest absolute Gasteiger partial charge is 0.444 e. The Kier molecular flexibility index (Phi) is 3.84. The monoisotopic (exact) mass is 228 g/mol. The van der Waals surface area contributed by atoms with Gasteiger partial charge in [-0.05, 0) is 40.0 Å². The molecule has 1 aliphatic rings. The highest BCUT2D eigenvalue weighted by atomic mass is 16.6. The molecule has 0 bridgehead atoms. The molecule has 16 heavy (non-hydrogen) atoms. The predicted octanol–water partition coefficient (Wildman–Crippen LogP) is 1.90. The van der Waals surface area contributed by atoms with Gasteiger partial charge in [0.05, 0.1) is 5.54 Å². The smallest absolute Gasteiger partial charge is 0.408 e. The Balaban J connectivity index is 2.55. The van der Waals surface area contributed by atoms with Crippen molar-refractivity contribution in [2.24, 2.45) is 5.92 Å².